The Hall–Kier alpha value is -1.46. The highest BCUT2D eigenvalue weighted by atomic mass is 127. The molecule has 0 aromatic carbocycles. The van der Waals surface area contributed by atoms with Gasteiger partial charge in [0.25, 0.3) is 0 Å². The number of rotatable bonds is 5. The standard InChI is InChI=1S/C21H41N5O4.HI/c1-15(13-25(9)19(28)30-21(5,6)7)12-23-17(22-8)26-11-10-16(14-26)24-18(27)29-20(2,3)4;/h15-16H,10-14H2,1-9H3,(H,22,23)(H,24,27);1H. The van der Waals surface area contributed by atoms with Crippen molar-refractivity contribution in [3.05, 3.63) is 0 Å². The first-order valence-electron chi connectivity index (χ1n) is 10.6. The molecule has 10 heteroatoms. The van der Waals surface area contributed by atoms with Gasteiger partial charge in [0.1, 0.15) is 11.2 Å². The van der Waals surface area contributed by atoms with Crippen molar-refractivity contribution in [1.29, 1.82) is 0 Å². The molecule has 2 amide bonds. The SMILES string of the molecule is CN=C(NCC(C)CN(C)C(=O)OC(C)(C)C)N1CCC(NC(=O)OC(C)(C)C)C1.I. The van der Waals surface area contributed by atoms with Crippen LogP contribution in [0.15, 0.2) is 4.99 Å². The van der Waals surface area contributed by atoms with Crippen molar-refractivity contribution in [2.45, 2.75) is 72.1 Å². The highest BCUT2D eigenvalue weighted by molar-refractivity contribution is 14.0. The zero-order chi connectivity index (χ0) is 23.1. The summed E-state index contributed by atoms with van der Waals surface area (Å²) >= 11 is 0. The average Bonchev–Trinajstić information content (AvgIpc) is 3.00. The molecule has 2 N–H and O–H groups in total. The molecule has 1 aliphatic rings. The molecule has 1 heterocycles. The van der Waals surface area contributed by atoms with E-state index < -0.39 is 17.3 Å². The summed E-state index contributed by atoms with van der Waals surface area (Å²) in [5.41, 5.74) is -1.02. The number of aliphatic imine (C=N–C) groups is 1. The third-order valence-electron chi connectivity index (χ3n) is 4.32. The van der Waals surface area contributed by atoms with Crippen molar-refractivity contribution in [3.8, 4) is 0 Å². The second-order valence-corrected chi connectivity index (χ2v) is 9.97. The Bertz CT molecular complexity index is 616. The van der Waals surface area contributed by atoms with Crippen LogP contribution >= 0.6 is 24.0 Å². The Balaban J connectivity index is 0.00000900. The molecule has 182 valence electrons. The first-order valence-corrected chi connectivity index (χ1v) is 10.6. The summed E-state index contributed by atoms with van der Waals surface area (Å²) in [5.74, 6) is 0.993. The lowest BCUT2D eigenvalue weighted by Crippen LogP contribution is -2.46. The van der Waals surface area contributed by atoms with Gasteiger partial charge >= 0.3 is 12.2 Å². The van der Waals surface area contributed by atoms with Gasteiger partial charge in [-0.05, 0) is 53.9 Å². The Kier molecular flexibility index (Phi) is 12.0. The van der Waals surface area contributed by atoms with E-state index in [1.165, 1.54) is 0 Å². The monoisotopic (exact) mass is 555 g/mol. The summed E-state index contributed by atoms with van der Waals surface area (Å²) in [6, 6.07) is 0.0223. The fourth-order valence-corrected chi connectivity index (χ4v) is 3.09. The summed E-state index contributed by atoms with van der Waals surface area (Å²) < 4.78 is 10.7. The van der Waals surface area contributed by atoms with Crippen LogP contribution in [0.5, 0.6) is 0 Å². The molecule has 2 atom stereocenters. The quantitative estimate of drug-likeness (QED) is 0.307. The molecule has 1 rings (SSSR count). The van der Waals surface area contributed by atoms with Gasteiger partial charge in [0.05, 0.1) is 6.04 Å². The van der Waals surface area contributed by atoms with E-state index in [-0.39, 0.29) is 42.0 Å². The van der Waals surface area contributed by atoms with Crippen LogP contribution in [0, 0.1) is 5.92 Å². The summed E-state index contributed by atoms with van der Waals surface area (Å²) in [7, 11) is 3.49. The van der Waals surface area contributed by atoms with E-state index in [1.54, 1.807) is 19.0 Å². The van der Waals surface area contributed by atoms with E-state index >= 15 is 0 Å². The first-order chi connectivity index (χ1) is 13.7. The maximum absolute atomic E-state index is 12.1. The third-order valence-corrected chi connectivity index (χ3v) is 4.32. The normalized spacial score (nSPS) is 18.0. The van der Waals surface area contributed by atoms with E-state index in [1.807, 2.05) is 41.5 Å². The summed E-state index contributed by atoms with van der Waals surface area (Å²) in [6.07, 6.45) is 0.113. The van der Waals surface area contributed by atoms with Gasteiger partial charge in [-0.25, -0.2) is 9.59 Å². The second kappa shape index (κ2) is 12.5. The Morgan fingerprint density at radius 3 is 2.26 bits per heavy atom. The fraction of sp³-hybridized carbons (Fsp3) is 0.857. The molecule has 0 bridgehead atoms. The smallest absolute Gasteiger partial charge is 0.410 e. The second-order valence-electron chi connectivity index (χ2n) is 9.97. The number of hydrogen-bond acceptors (Lipinski definition) is 5. The topological polar surface area (TPSA) is 95.5 Å². The van der Waals surface area contributed by atoms with Gasteiger partial charge in [-0.3, -0.25) is 4.99 Å². The van der Waals surface area contributed by atoms with E-state index in [4.69, 9.17) is 9.47 Å². The maximum atomic E-state index is 12.1. The number of nitrogens with one attached hydrogen (secondary N) is 2. The predicted molar refractivity (Wildman–Crippen MR) is 134 cm³/mol. The first kappa shape index (κ1) is 29.5. The number of hydrogen-bond donors (Lipinski definition) is 2. The Morgan fingerprint density at radius 2 is 1.74 bits per heavy atom. The van der Waals surface area contributed by atoms with Crippen LogP contribution in [-0.2, 0) is 9.47 Å². The lowest BCUT2D eigenvalue weighted by molar-refractivity contribution is 0.0277. The molecule has 2 unspecified atom stereocenters. The van der Waals surface area contributed by atoms with Gasteiger partial charge in [0.15, 0.2) is 5.96 Å². The fourth-order valence-electron chi connectivity index (χ4n) is 3.09. The molecule has 1 fully saturated rings. The van der Waals surface area contributed by atoms with E-state index in [0.29, 0.717) is 19.6 Å². The molecular formula is C21H42IN5O4. The third kappa shape index (κ3) is 12.2. The van der Waals surface area contributed by atoms with Crippen LogP contribution in [0.3, 0.4) is 0 Å². The Morgan fingerprint density at radius 1 is 1.16 bits per heavy atom. The minimum Gasteiger partial charge on any atom is -0.444 e. The van der Waals surface area contributed by atoms with Crippen LogP contribution in [-0.4, -0.2) is 85.5 Å². The van der Waals surface area contributed by atoms with Crippen LogP contribution < -0.4 is 10.6 Å². The number of carbonyl (C=O) groups is 2. The molecular weight excluding hydrogens is 513 g/mol. The predicted octanol–water partition coefficient (Wildman–Crippen LogP) is 3.28. The van der Waals surface area contributed by atoms with Gasteiger partial charge in [0, 0.05) is 40.3 Å². The number of amides is 2. The summed E-state index contributed by atoms with van der Waals surface area (Å²) in [6.45, 7) is 15.9. The van der Waals surface area contributed by atoms with Crippen LogP contribution in [0.2, 0.25) is 0 Å². The molecule has 1 aliphatic heterocycles. The molecule has 31 heavy (non-hydrogen) atoms. The van der Waals surface area contributed by atoms with Crippen molar-refractivity contribution in [2.24, 2.45) is 10.9 Å². The molecule has 0 aromatic heterocycles. The maximum Gasteiger partial charge on any atom is 0.410 e. The van der Waals surface area contributed by atoms with Gasteiger partial charge in [-0.2, -0.15) is 0 Å². The van der Waals surface area contributed by atoms with E-state index in [9.17, 15) is 9.59 Å². The zero-order valence-corrected chi connectivity index (χ0v) is 22.9. The van der Waals surface area contributed by atoms with Gasteiger partial charge in [-0.1, -0.05) is 6.92 Å². The van der Waals surface area contributed by atoms with Crippen molar-refractivity contribution in [2.75, 3.05) is 40.3 Å². The highest BCUT2D eigenvalue weighted by Crippen LogP contribution is 2.13. The van der Waals surface area contributed by atoms with Crippen molar-refractivity contribution >= 4 is 42.1 Å². The van der Waals surface area contributed by atoms with E-state index in [2.05, 4.69) is 27.4 Å². The van der Waals surface area contributed by atoms with Gasteiger partial charge in [-0.15, -0.1) is 24.0 Å². The van der Waals surface area contributed by atoms with Crippen molar-refractivity contribution in [3.63, 3.8) is 0 Å². The molecule has 1 saturated heterocycles. The lowest BCUT2D eigenvalue weighted by atomic mass is 10.1. The Labute approximate surface area is 204 Å². The van der Waals surface area contributed by atoms with Crippen molar-refractivity contribution < 1.29 is 19.1 Å². The molecule has 9 nitrogen and oxygen atoms in total. The number of guanidine groups is 1. The molecule has 0 spiro atoms. The summed E-state index contributed by atoms with van der Waals surface area (Å²) in [5, 5.41) is 6.29. The number of ether oxygens (including phenoxy) is 2. The number of alkyl carbamates (subject to hydrolysis) is 1. The number of nitrogens with zero attached hydrogens (tertiary/aromatic N) is 3. The van der Waals surface area contributed by atoms with Crippen LogP contribution in [0.25, 0.3) is 0 Å². The lowest BCUT2D eigenvalue weighted by Gasteiger charge is -2.27. The average molecular weight is 556 g/mol. The van der Waals surface area contributed by atoms with Crippen molar-refractivity contribution in [1.82, 2.24) is 20.4 Å². The molecule has 0 radical (unpaired) electrons. The van der Waals surface area contributed by atoms with E-state index in [0.717, 1.165) is 18.9 Å². The highest BCUT2D eigenvalue weighted by Gasteiger charge is 2.28. The molecule has 0 saturated carbocycles. The largest absolute Gasteiger partial charge is 0.444 e. The van der Waals surface area contributed by atoms with Gasteiger partial charge in [0.2, 0.25) is 0 Å². The number of halogens is 1. The minimum atomic E-state index is -0.511. The number of likely N-dealkylation sites (tertiary alicyclic amines) is 1. The van der Waals surface area contributed by atoms with Crippen LogP contribution in [0.1, 0.15) is 54.9 Å². The zero-order valence-electron chi connectivity index (χ0n) is 20.6. The molecule has 0 aromatic rings. The summed E-state index contributed by atoms with van der Waals surface area (Å²) in [4.78, 5) is 32.2. The molecule has 0 aliphatic carbocycles. The van der Waals surface area contributed by atoms with Gasteiger partial charge < -0.3 is 29.9 Å². The number of carbonyl (C=O) groups excluding carboxylic acids is 2. The van der Waals surface area contributed by atoms with Crippen LogP contribution in [0.4, 0.5) is 9.59 Å². The minimum absolute atomic E-state index is 0.